The topological polar surface area (TPSA) is 0 Å². The van der Waals surface area contributed by atoms with Gasteiger partial charge in [0.2, 0.25) is 0 Å². The van der Waals surface area contributed by atoms with Gasteiger partial charge in [-0.3, -0.25) is 0 Å². The van der Waals surface area contributed by atoms with Crippen molar-refractivity contribution in [1.82, 2.24) is 0 Å². The van der Waals surface area contributed by atoms with E-state index in [2.05, 4.69) is 42.5 Å². The third-order valence-electron chi connectivity index (χ3n) is 1.91. The Bertz CT molecular complexity index is 296. The van der Waals surface area contributed by atoms with Crippen LogP contribution in [0.25, 0.3) is 0 Å². The Balaban J connectivity index is 2.38. The van der Waals surface area contributed by atoms with Gasteiger partial charge < -0.3 is 0 Å². The van der Waals surface area contributed by atoms with E-state index < -0.39 is 0 Å². The molecule has 0 saturated carbocycles. The van der Waals surface area contributed by atoms with E-state index in [4.69, 9.17) is 0 Å². The molecule has 0 fully saturated rings. The smallest absolute Gasteiger partial charge is 0.00882 e. The molecule has 0 aromatic rings. The lowest BCUT2D eigenvalue weighted by molar-refractivity contribution is 1.32. The van der Waals surface area contributed by atoms with E-state index in [1.54, 1.807) is 0 Å². The molecule has 0 atom stereocenters. The molecule has 54 valence electrons. The van der Waals surface area contributed by atoms with Gasteiger partial charge in [-0.1, -0.05) is 48.6 Å². The summed E-state index contributed by atoms with van der Waals surface area (Å²) in [6.07, 6.45) is 18.1. The van der Waals surface area contributed by atoms with Crippen LogP contribution in [0.2, 0.25) is 0 Å². The summed E-state index contributed by atoms with van der Waals surface area (Å²) in [6, 6.07) is 0. The third-order valence-corrected chi connectivity index (χ3v) is 1.91. The highest BCUT2D eigenvalue weighted by molar-refractivity contribution is 5.48. The molecule has 0 N–H and O–H groups in total. The molecule has 2 aliphatic rings. The maximum Gasteiger partial charge on any atom is -0.00882 e. The number of rotatable bonds is 0. The number of hydrogen-bond acceptors (Lipinski definition) is 0. The van der Waals surface area contributed by atoms with Crippen LogP contribution < -0.4 is 0 Å². The molecule has 0 bridgehead atoms. The molecular formula is C11H10. The molecule has 0 nitrogen and oxygen atoms in total. The van der Waals surface area contributed by atoms with Crippen molar-refractivity contribution in [3.63, 3.8) is 0 Å². The van der Waals surface area contributed by atoms with Crippen LogP contribution in [0.4, 0.5) is 0 Å². The van der Waals surface area contributed by atoms with Crippen LogP contribution in [0.5, 0.6) is 0 Å². The molecule has 0 aromatic heterocycles. The molecule has 0 aliphatic heterocycles. The molecule has 0 aromatic carbocycles. The summed E-state index contributed by atoms with van der Waals surface area (Å²) < 4.78 is 0. The quantitative estimate of drug-likeness (QED) is 0.488. The largest absolute Gasteiger partial charge is 0.0795 e. The average molecular weight is 142 g/mol. The summed E-state index contributed by atoms with van der Waals surface area (Å²) in [5, 5.41) is 0. The fourth-order valence-corrected chi connectivity index (χ4v) is 1.32. The fourth-order valence-electron chi connectivity index (χ4n) is 1.32. The van der Waals surface area contributed by atoms with Gasteiger partial charge in [0.15, 0.2) is 0 Å². The van der Waals surface area contributed by atoms with E-state index in [0.29, 0.717) is 0 Å². The van der Waals surface area contributed by atoms with Crippen molar-refractivity contribution in [3.05, 3.63) is 59.8 Å². The van der Waals surface area contributed by atoms with E-state index in [1.165, 1.54) is 11.1 Å². The van der Waals surface area contributed by atoms with Crippen LogP contribution in [0.15, 0.2) is 59.8 Å². The minimum absolute atomic E-state index is 1.09. The van der Waals surface area contributed by atoms with Crippen molar-refractivity contribution in [2.24, 2.45) is 0 Å². The monoisotopic (exact) mass is 142 g/mol. The van der Waals surface area contributed by atoms with Crippen molar-refractivity contribution in [3.8, 4) is 0 Å². The predicted molar refractivity (Wildman–Crippen MR) is 48.2 cm³/mol. The van der Waals surface area contributed by atoms with Gasteiger partial charge in [-0.05, 0) is 17.6 Å². The van der Waals surface area contributed by atoms with Gasteiger partial charge in [0, 0.05) is 0 Å². The van der Waals surface area contributed by atoms with Crippen LogP contribution in [-0.2, 0) is 0 Å². The highest BCUT2D eigenvalue weighted by atomic mass is 14.1. The van der Waals surface area contributed by atoms with Crippen molar-refractivity contribution in [2.45, 2.75) is 6.42 Å². The normalized spacial score (nSPS) is 23.3. The molecule has 0 spiro atoms. The summed E-state index contributed by atoms with van der Waals surface area (Å²) in [7, 11) is 0. The standard InChI is InChI=1S/C11H10/c1-2-4-7-11-9-5-8-10(11)6-3-1/h1-8H,9H2/b2-1?,3-1?,4-2?,6-3-,7-4?,10-6?,11-7?. The molecular weight excluding hydrogens is 132 g/mol. The minimum atomic E-state index is 1.09. The summed E-state index contributed by atoms with van der Waals surface area (Å²) in [6.45, 7) is 0. The van der Waals surface area contributed by atoms with E-state index in [9.17, 15) is 0 Å². The second kappa shape index (κ2) is 2.75. The van der Waals surface area contributed by atoms with E-state index >= 15 is 0 Å². The van der Waals surface area contributed by atoms with Gasteiger partial charge in [0.25, 0.3) is 0 Å². The highest BCUT2D eigenvalue weighted by Gasteiger charge is 2.02. The summed E-state index contributed by atoms with van der Waals surface area (Å²) in [5.41, 5.74) is 2.77. The van der Waals surface area contributed by atoms with Gasteiger partial charge in [-0.2, -0.15) is 0 Å². The number of hydrogen-bond donors (Lipinski definition) is 0. The molecule has 2 aliphatic carbocycles. The first kappa shape index (κ1) is 6.41. The van der Waals surface area contributed by atoms with Crippen molar-refractivity contribution in [2.75, 3.05) is 0 Å². The Hall–Kier alpha value is -1.30. The lowest BCUT2D eigenvalue weighted by Crippen LogP contribution is -1.77. The van der Waals surface area contributed by atoms with Gasteiger partial charge in [0.1, 0.15) is 0 Å². The van der Waals surface area contributed by atoms with Gasteiger partial charge in [-0.15, -0.1) is 0 Å². The molecule has 0 radical (unpaired) electrons. The second-order valence-electron chi connectivity index (χ2n) is 2.69. The van der Waals surface area contributed by atoms with Crippen LogP contribution >= 0.6 is 0 Å². The van der Waals surface area contributed by atoms with Crippen LogP contribution in [0, 0.1) is 0 Å². The minimum Gasteiger partial charge on any atom is -0.0795 e. The molecule has 0 heteroatoms. The highest BCUT2D eigenvalue weighted by Crippen LogP contribution is 2.21. The van der Waals surface area contributed by atoms with Crippen molar-refractivity contribution >= 4 is 0 Å². The average Bonchev–Trinajstić information content (AvgIpc) is 2.35. The first-order valence-corrected chi connectivity index (χ1v) is 3.88. The number of allylic oxidation sites excluding steroid dienone is 10. The fraction of sp³-hybridized carbons (Fsp3) is 0.0909. The zero-order chi connectivity index (χ0) is 7.52. The maximum absolute atomic E-state index is 2.20. The van der Waals surface area contributed by atoms with Crippen molar-refractivity contribution in [1.29, 1.82) is 0 Å². The van der Waals surface area contributed by atoms with E-state index in [-0.39, 0.29) is 0 Å². The maximum atomic E-state index is 2.20. The molecule has 11 heavy (non-hydrogen) atoms. The van der Waals surface area contributed by atoms with E-state index in [1.807, 2.05) is 6.08 Å². The van der Waals surface area contributed by atoms with Gasteiger partial charge in [-0.25, -0.2) is 0 Å². The lowest BCUT2D eigenvalue weighted by atomic mass is 10.1. The van der Waals surface area contributed by atoms with Gasteiger partial charge in [0.05, 0.1) is 0 Å². The summed E-state index contributed by atoms with van der Waals surface area (Å²) >= 11 is 0. The predicted octanol–water partition coefficient (Wildman–Crippen LogP) is 2.93. The van der Waals surface area contributed by atoms with Crippen LogP contribution in [0.3, 0.4) is 0 Å². The Morgan fingerprint density at radius 3 is 2.55 bits per heavy atom. The molecule has 0 unspecified atom stereocenters. The zero-order valence-corrected chi connectivity index (χ0v) is 6.33. The van der Waals surface area contributed by atoms with Crippen molar-refractivity contribution < 1.29 is 0 Å². The Morgan fingerprint density at radius 1 is 0.818 bits per heavy atom. The molecule has 2 rings (SSSR count). The Morgan fingerprint density at radius 2 is 1.64 bits per heavy atom. The lowest BCUT2D eigenvalue weighted by Gasteiger charge is -1.96. The molecule has 0 saturated heterocycles. The van der Waals surface area contributed by atoms with Crippen LogP contribution in [-0.4, -0.2) is 0 Å². The first-order valence-electron chi connectivity index (χ1n) is 3.88. The van der Waals surface area contributed by atoms with E-state index in [0.717, 1.165) is 6.42 Å². The van der Waals surface area contributed by atoms with Gasteiger partial charge >= 0.3 is 0 Å². The van der Waals surface area contributed by atoms with Crippen LogP contribution in [0.1, 0.15) is 6.42 Å². The Kier molecular flexibility index (Phi) is 1.60. The third kappa shape index (κ3) is 1.25. The summed E-state index contributed by atoms with van der Waals surface area (Å²) in [5.74, 6) is 0. The second-order valence-corrected chi connectivity index (χ2v) is 2.69. The molecule has 0 amide bonds. The SMILES string of the molecule is C1=C/C=C\C2=C(C=C1)CC=C2. The summed E-state index contributed by atoms with van der Waals surface area (Å²) in [4.78, 5) is 0. The molecule has 0 heterocycles. The zero-order valence-electron chi connectivity index (χ0n) is 6.33. The Labute approximate surface area is 66.9 Å². The first-order chi connectivity index (χ1) is 5.47.